The van der Waals surface area contributed by atoms with E-state index in [1.807, 2.05) is 0 Å². The lowest BCUT2D eigenvalue weighted by molar-refractivity contribution is -0.167. The van der Waals surface area contributed by atoms with Crippen LogP contribution in [0.5, 0.6) is 0 Å². The maximum absolute atomic E-state index is 13.0. The van der Waals surface area contributed by atoms with E-state index < -0.39 is 6.10 Å². The molecule has 1 unspecified atom stereocenters. The largest absolute Gasteiger partial charge is 0.462 e. The maximum atomic E-state index is 13.0. The van der Waals surface area contributed by atoms with Gasteiger partial charge in [0.15, 0.2) is 6.10 Å². The van der Waals surface area contributed by atoms with E-state index in [4.69, 9.17) is 14.2 Å². The summed E-state index contributed by atoms with van der Waals surface area (Å²) in [4.78, 5) is 38.4. The highest BCUT2D eigenvalue weighted by atomic mass is 16.6. The zero-order chi connectivity index (χ0) is 57.1. The number of rotatable bonds is 62. The van der Waals surface area contributed by atoms with E-state index in [0.29, 0.717) is 19.3 Å². The minimum Gasteiger partial charge on any atom is -0.462 e. The molecule has 0 aliphatic rings. The van der Waals surface area contributed by atoms with E-state index in [0.717, 1.165) is 109 Å². The number of hydrogen-bond acceptors (Lipinski definition) is 6. The summed E-state index contributed by atoms with van der Waals surface area (Å²) in [5.74, 6) is -0.889. The monoisotopic (exact) mass is 1100 g/mol. The highest BCUT2D eigenvalue weighted by molar-refractivity contribution is 5.71. The third-order valence-electron chi connectivity index (χ3n) is 14.9. The van der Waals surface area contributed by atoms with Crippen molar-refractivity contribution in [1.82, 2.24) is 0 Å². The van der Waals surface area contributed by atoms with Crippen LogP contribution in [0.25, 0.3) is 0 Å². The Morgan fingerprint density at radius 1 is 0.266 bits per heavy atom. The SMILES string of the molecule is CC/C=C\C/C=C\C/C=C\CCCCCCCC(=O)OCC(COC(=O)CCCCCCCCCCCCC/C=C\C/C=C\CCCCCCC)OC(=O)CCCCCCCCCCCCC/C=C\C/C=C\CCCCCCC. The van der Waals surface area contributed by atoms with Gasteiger partial charge in [0.2, 0.25) is 0 Å². The second-order valence-corrected chi connectivity index (χ2v) is 22.7. The molecule has 0 bridgehead atoms. The Morgan fingerprint density at radius 2 is 0.494 bits per heavy atom. The minimum absolute atomic E-state index is 0.0825. The van der Waals surface area contributed by atoms with E-state index in [1.54, 1.807) is 0 Å². The molecular weight excluding hydrogens is 973 g/mol. The lowest BCUT2D eigenvalue weighted by Gasteiger charge is -2.18. The topological polar surface area (TPSA) is 78.9 Å². The number of ether oxygens (including phenoxy) is 3. The van der Waals surface area contributed by atoms with Crippen LogP contribution in [0.3, 0.4) is 0 Å². The zero-order valence-corrected chi connectivity index (χ0v) is 52.4. The molecule has 0 aliphatic heterocycles. The molecule has 0 spiro atoms. The van der Waals surface area contributed by atoms with Gasteiger partial charge in [-0.15, -0.1) is 0 Å². The molecule has 6 heteroatoms. The Labute approximate surface area is 490 Å². The normalized spacial score (nSPS) is 12.6. The average Bonchev–Trinajstić information content (AvgIpc) is 3.45. The van der Waals surface area contributed by atoms with Crippen molar-refractivity contribution in [2.24, 2.45) is 0 Å². The first-order valence-electron chi connectivity index (χ1n) is 34.1. The summed E-state index contributed by atoms with van der Waals surface area (Å²) in [5.41, 5.74) is 0. The molecule has 0 amide bonds. The summed E-state index contributed by atoms with van der Waals surface area (Å²) in [6.07, 6.45) is 88.8. The average molecular weight is 1100 g/mol. The van der Waals surface area contributed by atoms with Crippen LogP contribution in [0.1, 0.15) is 342 Å². The molecule has 1 atom stereocenters. The number of allylic oxidation sites excluding steroid dienone is 14. The van der Waals surface area contributed by atoms with Crippen LogP contribution >= 0.6 is 0 Å². The Bertz CT molecular complexity index is 1500. The minimum atomic E-state index is -0.788. The first-order valence-corrected chi connectivity index (χ1v) is 34.1. The van der Waals surface area contributed by atoms with E-state index in [9.17, 15) is 14.4 Å². The molecule has 0 saturated carbocycles. The van der Waals surface area contributed by atoms with Crippen LogP contribution in [-0.2, 0) is 28.6 Å². The summed E-state index contributed by atoms with van der Waals surface area (Å²) in [6, 6.07) is 0. The van der Waals surface area contributed by atoms with Gasteiger partial charge in [0, 0.05) is 19.3 Å². The molecule has 0 N–H and O–H groups in total. The standard InChI is InChI=1S/C73H128O6/c1-4-7-10-13-16-19-22-25-28-30-32-34-36-38-40-42-45-48-51-54-57-60-63-66-72(75)78-69-70(68-77-71(74)65-62-59-56-53-50-47-44-27-24-21-18-15-12-9-6-3)79-73(76)67-64-61-58-55-52-49-46-43-41-39-37-35-33-31-29-26-23-20-17-14-11-8-5-2/h9,12,18,21-23,25-27,30-33,44,70H,4-8,10-11,13-17,19-20,24,28-29,34-43,45-69H2,1-3H3/b12-9-,21-18-,25-22-,26-23-,32-30-,33-31-,44-27-. The van der Waals surface area contributed by atoms with E-state index in [-0.39, 0.29) is 31.1 Å². The predicted molar refractivity (Wildman–Crippen MR) is 344 cm³/mol. The van der Waals surface area contributed by atoms with Crippen LogP contribution in [0.2, 0.25) is 0 Å². The van der Waals surface area contributed by atoms with Gasteiger partial charge < -0.3 is 14.2 Å². The fourth-order valence-corrected chi connectivity index (χ4v) is 9.76. The fourth-order valence-electron chi connectivity index (χ4n) is 9.76. The number of hydrogen-bond donors (Lipinski definition) is 0. The Balaban J connectivity index is 4.34. The van der Waals surface area contributed by atoms with Crippen molar-refractivity contribution in [2.75, 3.05) is 13.2 Å². The highest BCUT2D eigenvalue weighted by Gasteiger charge is 2.19. The van der Waals surface area contributed by atoms with Crippen molar-refractivity contribution in [3.8, 4) is 0 Å². The Hall–Kier alpha value is -3.41. The molecule has 0 rings (SSSR count). The molecule has 0 aliphatic carbocycles. The quantitative estimate of drug-likeness (QED) is 0.0261. The molecule has 6 nitrogen and oxygen atoms in total. The number of carbonyl (C=O) groups is 3. The van der Waals surface area contributed by atoms with Crippen LogP contribution in [0.15, 0.2) is 85.1 Å². The summed E-state index contributed by atoms with van der Waals surface area (Å²) < 4.78 is 17.0. The first kappa shape index (κ1) is 75.6. The van der Waals surface area contributed by atoms with Crippen LogP contribution in [-0.4, -0.2) is 37.2 Å². The van der Waals surface area contributed by atoms with E-state index >= 15 is 0 Å². The molecule has 0 fully saturated rings. The maximum Gasteiger partial charge on any atom is 0.306 e. The van der Waals surface area contributed by atoms with Gasteiger partial charge in [-0.05, 0) is 116 Å². The molecule has 79 heavy (non-hydrogen) atoms. The van der Waals surface area contributed by atoms with Gasteiger partial charge in [-0.25, -0.2) is 0 Å². The summed E-state index contributed by atoms with van der Waals surface area (Å²) in [5, 5.41) is 0. The van der Waals surface area contributed by atoms with Crippen LogP contribution in [0.4, 0.5) is 0 Å². The van der Waals surface area contributed by atoms with Gasteiger partial charge in [-0.2, -0.15) is 0 Å². The van der Waals surface area contributed by atoms with Crippen molar-refractivity contribution < 1.29 is 28.6 Å². The van der Waals surface area contributed by atoms with Gasteiger partial charge in [0.05, 0.1) is 0 Å². The van der Waals surface area contributed by atoms with Crippen molar-refractivity contribution in [3.63, 3.8) is 0 Å². The summed E-state index contributed by atoms with van der Waals surface area (Å²) in [6.45, 7) is 6.53. The molecule has 0 heterocycles. The molecule has 0 aromatic heterocycles. The molecule has 0 aromatic carbocycles. The second kappa shape index (κ2) is 67.1. The van der Waals surface area contributed by atoms with Crippen molar-refractivity contribution in [2.45, 2.75) is 348 Å². The third kappa shape index (κ3) is 65.3. The Morgan fingerprint density at radius 3 is 0.772 bits per heavy atom. The zero-order valence-electron chi connectivity index (χ0n) is 52.4. The predicted octanol–water partition coefficient (Wildman–Crippen LogP) is 23.4. The smallest absolute Gasteiger partial charge is 0.306 e. The van der Waals surface area contributed by atoms with Gasteiger partial charge in [-0.3, -0.25) is 14.4 Å². The van der Waals surface area contributed by atoms with Gasteiger partial charge >= 0.3 is 17.9 Å². The molecular formula is C73H128O6. The lowest BCUT2D eigenvalue weighted by Crippen LogP contribution is -2.30. The number of carbonyl (C=O) groups excluding carboxylic acids is 3. The first-order chi connectivity index (χ1) is 39.0. The van der Waals surface area contributed by atoms with Crippen molar-refractivity contribution >= 4 is 17.9 Å². The third-order valence-corrected chi connectivity index (χ3v) is 14.9. The fraction of sp³-hybridized carbons (Fsp3) is 0.767. The van der Waals surface area contributed by atoms with Gasteiger partial charge in [0.25, 0.3) is 0 Å². The number of unbranched alkanes of at least 4 members (excludes halogenated alkanes) is 37. The van der Waals surface area contributed by atoms with Gasteiger partial charge in [-0.1, -0.05) is 292 Å². The lowest BCUT2D eigenvalue weighted by atomic mass is 10.0. The second-order valence-electron chi connectivity index (χ2n) is 22.7. The van der Waals surface area contributed by atoms with Gasteiger partial charge in [0.1, 0.15) is 13.2 Å². The highest BCUT2D eigenvalue weighted by Crippen LogP contribution is 2.17. The molecule has 0 saturated heterocycles. The van der Waals surface area contributed by atoms with E-state index in [2.05, 4.69) is 106 Å². The number of esters is 3. The van der Waals surface area contributed by atoms with Crippen molar-refractivity contribution in [1.29, 1.82) is 0 Å². The van der Waals surface area contributed by atoms with Crippen LogP contribution < -0.4 is 0 Å². The summed E-state index contributed by atoms with van der Waals surface area (Å²) >= 11 is 0. The van der Waals surface area contributed by atoms with Crippen LogP contribution in [0, 0.1) is 0 Å². The molecule has 0 radical (unpaired) electrons. The Kier molecular flexibility index (Phi) is 64.2. The van der Waals surface area contributed by atoms with Crippen molar-refractivity contribution in [3.05, 3.63) is 85.1 Å². The summed E-state index contributed by atoms with van der Waals surface area (Å²) in [7, 11) is 0. The molecule has 0 aromatic rings. The molecule has 456 valence electrons. The van der Waals surface area contributed by atoms with E-state index in [1.165, 1.54) is 193 Å².